The number of ether oxygens (including phenoxy) is 1. The van der Waals surface area contributed by atoms with E-state index in [1.54, 1.807) is 32.2 Å². The summed E-state index contributed by atoms with van der Waals surface area (Å²) in [4.78, 5) is 11.7. The number of likely N-dealkylation sites (N-methyl/N-ethyl adjacent to an activating group) is 1. The Bertz CT molecular complexity index is 409. The second-order valence-corrected chi connectivity index (χ2v) is 4.31. The third-order valence-corrected chi connectivity index (χ3v) is 3.33. The summed E-state index contributed by atoms with van der Waals surface area (Å²) in [6, 6.07) is 5.04. The maximum Gasteiger partial charge on any atom is 0.330 e. The molecule has 0 saturated carbocycles. The monoisotopic (exact) mass is 261 g/mol. The fraction of sp³-hybridized carbons (Fsp3) is 0.364. The van der Waals surface area contributed by atoms with Crippen molar-refractivity contribution in [2.75, 3.05) is 14.2 Å². The van der Waals surface area contributed by atoms with Crippen LogP contribution in [0.3, 0.4) is 0 Å². The molecule has 0 heterocycles. The molecule has 1 aromatic carbocycles. The minimum Gasteiger partial charge on any atom is -0.467 e. The topological polar surface area (TPSA) is 38.3 Å². The first-order valence-electron chi connectivity index (χ1n) is 4.68. The summed E-state index contributed by atoms with van der Waals surface area (Å²) in [6.07, 6.45) is 0. The molecule has 5 heteroatoms. The highest BCUT2D eigenvalue weighted by molar-refractivity contribution is 6.42. The van der Waals surface area contributed by atoms with E-state index in [9.17, 15) is 4.79 Å². The fourth-order valence-corrected chi connectivity index (χ4v) is 1.67. The van der Waals surface area contributed by atoms with Crippen LogP contribution in [0, 0.1) is 0 Å². The third-order valence-electron chi connectivity index (χ3n) is 2.59. The van der Waals surface area contributed by atoms with Crippen molar-refractivity contribution in [3.8, 4) is 0 Å². The Morgan fingerprint density at radius 1 is 1.38 bits per heavy atom. The molecule has 16 heavy (non-hydrogen) atoms. The van der Waals surface area contributed by atoms with E-state index in [0.717, 1.165) is 0 Å². The normalized spacial score (nSPS) is 14.3. The van der Waals surface area contributed by atoms with E-state index in [2.05, 4.69) is 5.32 Å². The summed E-state index contributed by atoms with van der Waals surface area (Å²) in [7, 11) is 3.02. The average Bonchev–Trinajstić information content (AvgIpc) is 2.30. The predicted molar refractivity (Wildman–Crippen MR) is 64.9 cm³/mol. The van der Waals surface area contributed by atoms with Gasteiger partial charge in [-0.25, -0.2) is 4.79 Å². The van der Waals surface area contributed by atoms with E-state index in [-0.39, 0.29) is 5.97 Å². The number of carbonyl (C=O) groups is 1. The van der Waals surface area contributed by atoms with Crippen LogP contribution in [0.5, 0.6) is 0 Å². The Hall–Kier alpha value is -0.770. The molecule has 1 aromatic rings. The predicted octanol–water partition coefficient (Wildman–Crippen LogP) is 2.60. The van der Waals surface area contributed by atoms with Crippen molar-refractivity contribution in [2.24, 2.45) is 0 Å². The van der Waals surface area contributed by atoms with E-state index in [1.807, 2.05) is 0 Å². The molecule has 0 fully saturated rings. The highest BCUT2D eigenvalue weighted by Gasteiger charge is 2.34. The Labute approximate surface area is 105 Å². The third kappa shape index (κ3) is 2.32. The summed E-state index contributed by atoms with van der Waals surface area (Å²) in [5.41, 5.74) is -0.223. The van der Waals surface area contributed by atoms with Gasteiger partial charge < -0.3 is 10.1 Å². The molecule has 0 unspecified atom stereocenters. The van der Waals surface area contributed by atoms with Gasteiger partial charge in [0.25, 0.3) is 0 Å². The number of hydrogen-bond donors (Lipinski definition) is 1. The smallest absolute Gasteiger partial charge is 0.330 e. The summed E-state index contributed by atoms with van der Waals surface area (Å²) in [5.74, 6) is -0.381. The van der Waals surface area contributed by atoms with Crippen LogP contribution >= 0.6 is 23.2 Å². The molecule has 0 amide bonds. The van der Waals surface area contributed by atoms with Crippen LogP contribution < -0.4 is 5.32 Å². The second kappa shape index (κ2) is 5.04. The van der Waals surface area contributed by atoms with E-state index < -0.39 is 5.54 Å². The quantitative estimate of drug-likeness (QED) is 0.851. The van der Waals surface area contributed by atoms with Crippen LogP contribution in [-0.2, 0) is 15.1 Å². The number of nitrogens with one attached hydrogen (secondary N) is 1. The lowest BCUT2D eigenvalue weighted by Gasteiger charge is -2.26. The van der Waals surface area contributed by atoms with Gasteiger partial charge >= 0.3 is 5.97 Å². The number of benzene rings is 1. The SMILES string of the molecule is CN[C@](C)(C(=O)OC)c1ccc(Cl)c(Cl)c1. The molecule has 0 aliphatic rings. The Morgan fingerprint density at radius 2 is 2.00 bits per heavy atom. The van der Waals surface area contributed by atoms with Crippen molar-refractivity contribution < 1.29 is 9.53 Å². The van der Waals surface area contributed by atoms with Crippen LogP contribution in [0.4, 0.5) is 0 Å². The number of methoxy groups -OCH3 is 1. The Kier molecular flexibility index (Phi) is 4.19. The second-order valence-electron chi connectivity index (χ2n) is 3.50. The molecule has 0 aromatic heterocycles. The van der Waals surface area contributed by atoms with Gasteiger partial charge in [-0.3, -0.25) is 0 Å². The van der Waals surface area contributed by atoms with Gasteiger partial charge in [-0.05, 0) is 31.7 Å². The minimum absolute atomic E-state index is 0.381. The molecular formula is C11H13Cl2NO2. The largest absolute Gasteiger partial charge is 0.467 e. The van der Waals surface area contributed by atoms with Crippen molar-refractivity contribution in [2.45, 2.75) is 12.5 Å². The van der Waals surface area contributed by atoms with Crippen LogP contribution in [0.2, 0.25) is 10.0 Å². The average molecular weight is 262 g/mol. The number of carbonyl (C=O) groups excluding carboxylic acids is 1. The van der Waals surface area contributed by atoms with Gasteiger partial charge in [-0.2, -0.15) is 0 Å². The van der Waals surface area contributed by atoms with E-state index in [4.69, 9.17) is 27.9 Å². The highest BCUT2D eigenvalue weighted by atomic mass is 35.5. The summed E-state index contributed by atoms with van der Waals surface area (Å²) >= 11 is 11.7. The molecular weight excluding hydrogens is 249 g/mol. The van der Waals surface area contributed by atoms with Gasteiger partial charge in [0.2, 0.25) is 0 Å². The molecule has 0 bridgehead atoms. The van der Waals surface area contributed by atoms with Gasteiger partial charge in [0.1, 0.15) is 5.54 Å². The van der Waals surface area contributed by atoms with E-state index in [1.165, 1.54) is 7.11 Å². The zero-order valence-electron chi connectivity index (χ0n) is 9.30. The van der Waals surface area contributed by atoms with E-state index >= 15 is 0 Å². The zero-order chi connectivity index (χ0) is 12.3. The summed E-state index contributed by atoms with van der Waals surface area (Å²) < 4.78 is 4.75. The summed E-state index contributed by atoms with van der Waals surface area (Å²) in [6.45, 7) is 1.72. The number of hydrogen-bond acceptors (Lipinski definition) is 3. The first-order valence-corrected chi connectivity index (χ1v) is 5.44. The Balaban J connectivity index is 3.23. The number of esters is 1. The molecule has 0 spiro atoms. The molecule has 88 valence electrons. The van der Waals surface area contributed by atoms with Gasteiger partial charge in [0.05, 0.1) is 17.2 Å². The lowest BCUT2D eigenvalue weighted by Crippen LogP contribution is -2.45. The summed E-state index contributed by atoms with van der Waals surface area (Å²) in [5, 5.41) is 3.78. The lowest BCUT2D eigenvalue weighted by molar-refractivity contribution is -0.148. The van der Waals surface area contributed by atoms with Crippen molar-refractivity contribution in [1.29, 1.82) is 0 Å². The molecule has 3 nitrogen and oxygen atoms in total. The molecule has 0 aliphatic heterocycles. The molecule has 0 radical (unpaired) electrons. The number of rotatable bonds is 3. The first-order chi connectivity index (χ1) is 7.45. The maximum absolute atomic E-state index is 11.7. The lowest BCUT2D eigenvalue weighted by atomic mass is 9.92. The van der Waals surface area contributed by atoms with E-state index in [0.29, 0.717) is 15.6 Å². The maximum atomic E-state index is 11.7. The Morgan fingerprint density at radius 3 is 2.44 bits per heavy atom. The van der Waals surface area contributed by atoms with Crippen molar-refractivity contribution in [1.82, 2.24) is 5.32 Å². The van der Waals surface area contributed by atoms with Crippen molar-refractivity contribution in [3.05, 3.63) is 33.8 Å². The van der Waals surface area contributed by atoms with Crippen LogP contribution in [0.25, 0.3) is 0 Å². The van der Waals surface area contributed by atoms with Gasteiger partial charge in [-0.1, -0.05) is 29.3 Å². The molecule has 0 saturated heterocycles. The van der Waals surface area contributed by atoms with Crippen molar-refractivity contribution >= 4 is 29.2 Å². The van der Waals surface area contributed by atoms with Crippen molar-refractivity contribution in [3.63, 3.8) is 0 Å². The molecule has 1 N–H and O–H groups in total. The van der Waals surface area contributed by atoms with Gasteiger partial charge in [0, 0.05) is 0 Å². The minimum atomic E-state index is -0.928. The molecule has 1 atom stereocenters. The molecule has 0 aliphatic carbocycles. The highest BCUT2D eigenvalue weighted by Crippen LogP contribution is 2.29. The van der Waals surface area contributed by atoms with Gasteiger partial charge in [0.15, 0.2) is 0 Å². The van der Waals surface area contributed by atoms with Gasteiger partial charge in [-0.15, -0.1) is 0 Å². The zero-order valence-corrected chi connectivity index (χ0v) is 10.8. The standard InChI is InChI=1S/C11H13Cl2NO2/c1-11(14-2,10(15)16-3)7-4-5-8(12)9(13)6-7/h4-6,14H,1-3H3/t11-/m0/s1. The van der Waals surface area contributed by atoms with Crippen LogP contribution in [0.1, 0.15) is 12.5 Å². The number of halogens is 2. The molecule has 1 rings (SSSR count). The first kappa shape index (κ1) is 13.3. The van der Waals surface area contributed by atoms with Crippen LogP contribution in [-0.4, -0.2) is 20.1 Å². The fourth-order valence-electron chi connectivity index (χ4n) is 1.38. The van der Waals surface area contributed by atoms with Crippen LogP contribution in [0.15, 0.2) is 18.2 Å².